The Labute approximate surface area is 243 Å². The van der Waals surface area contributed by atoms with E-state index in [1.54, 1.807) is 30.0 Å². The normalized spacial score (nSPS) is 18.0. The van der Waals surface area contributed by atoms with Gasteiger partial charge in [-0.1, -0.05) is 6.42 Å². The van der Waals surface area contributed by atoms with Gasteiger partial charge in [0.15, 0.2) is 27.1 Å². The summed E-state index contributed by atoms with van der Waals surface area (Å²) < 4.78 is 32.3. The lowest BCUT2D eigenvalue weighted by Gasteiger charge is -2.33. The molecule has 3 fully saturated rings. The molecule has 3 aliphatic carbocycles. The van der Waals surface area contributed by atoms with Crippen molar-refractivity contribution < 1.29 is 13.2 Å². The standard InChI is InChI=1S/C29H32N8O4S/c1-16(17-4-3-5-17)37-27-22(14-32-25(36-27)23-24(18-6-7-18)33-15-34-28(23)41-2)35-26(29(37)38)31-12-19-8-9-21(13-30-19)42(39,40)20-10-11-20/h8-9,13-18,20H,3-7,10-12H2,1-2H3,(H,31,35)/t16-/m0/s1. The summed E-state index contributed by atoms with van der Waals surface area (Å²) >= 11 is 0. The topological polar surface area (TPSA) is 155 Å². The molecule has 1 atom stereocenters. The zero-order valence-corrected chi connectivity index (χ0v) is 24.3. The van der Waals surface area contributed by atoms with E-state index in [1.165, 1.54) is 12.5 Å². The van der Waals surface area contributed by atoms with Crippen LogP contribution in [0.4, 0.5) is 5.82 Å². The summed E-state index contributed by atoms with van der Waals surface area (Å²) in [7, 11) is -1.75. The number of nitrogens with zero attached hydrogens (tertiary/aromatic N) is 7. The molecule has 42 heavy (non-hydrogen) atoms. The summed E-state index contributed by atoms with van der Waals surface area (Å²) in [5.41, 5.74) is 2.76. The predicted molar refractivity (Wildman–Crippen MR) is 155 cm³/mol. The number of ether oxygens (including phenoxy) is 1. The third kappa shape index (κ3) is 4.79. The van der Waals surface area contributed by atoms with Gasteiger partial charge < -0.3 is 10.1 Å². The van der Waals surface area contributed by atoms with E-state index in [1.807, 2.05) is 0 Å². The van der Waals surface area contributed by atoms with E-state index >= 15 is 0 Å². The lowest BCUT2D eigenvalue weighted by atomic mass is 9.80. The van der Waals surface area contributed by atoms with Crippen LogP contribution in [0.2, 0.25) is 0 Å². The van der Waals surface area contributed by atoms with Crippen LogP contribution < -0.4 is 15.6 Å². The second-order valence-corrected chi connectivity index (χ2v) is 13.7. The largest absolute Gasteiger partial charge is 0.480 e. The van der Waals surface area contributed by atoms with Gasteiger partial charge in [-0.15, -0.1) is 0 Å². The van der Waals surface area contributed by atoms with Crippen LogP contribution in [0.15, 0.2) is 40.5 Å². The SMILES string of the molecule is COc1ncnc(C2CC2)c1-c1ncc2nc(NCc3ccc(S(=O)(=O)C4CC4)cn3)c(=O)n([C@@H](C)C3CCC3)c2n1. The van der Waals surface area contributed by atoms with Gasteiger partial charge in [0.2, 0.25) is 5.88 Å². The van der Waals surface area contributed by atoms with Crippen LogP contribution in [0.5, 0.6) is 5.88 Å². The molecule has 4 aromatic heterocycles. The van der Waals surface area contributed by atoms with Crippen molar-refractivity contribution in [1.29, 1.82) is 0 Å². The maximum absolute atomic E-state index is 13.9. The Morgan fingerprint density at radius 1 is 1.02 bits per heavy atom. The second kappa shape index (κ2) is 10.4. The number of hydrogen-bond donors (Lipinski definition) is 1. The molecule has 0 aliphatic heterocycles. The number of sulfone groups is 1. The molecular weight excluding hydrogens is 556 g/mol. The Morgan fingerprint density at radius 3 is 2.48 bits per heavy atom. The minimum atomic E-state index is -3.31. The van der Waals surface area contributed by atoms with Crippen LogP contribution in [0.1, 0.15) is 75.2 Å². The average Bonchev–Trinajstić information content (AvgIpc) is 3.88. The molecule has 4 heterocycles. The quantitative estimate of drug-likeness (QED) is 0.287. The average molecular weight is 589 g/mol. The van der Waals surface area contributed by atoms with E-state index in [0.717, 1.165) is 37.8 Å². The van der Waals surface area contributed by atoms with Gasteiger partial charge in [-0.25, -0.2) is 33.3 Å². The number of pyridine rings is 1. The highest BCUT2D eigenvalue weighted by molar-refractivity contribution is 7.92. The maximum atomic E-state index is 13.9. The van der Waals surface area contributed by atoms with Gasteiger partial charge in [0.1, 0.15) is 17.4 Å². The fraction of sp³-hybridized carbons (Fsp3) is 0.483. The van der Waals surface area contributed by atoms with Gasteiger partial charge in [0, 0.05) is 18.2 Å². The summed E-state index contributed by atoms with van der Waals surface area (Å²) in [4.78, 5) is 41.5. The van der Waals surface area contributed by atoms with Crippen molar-refractivity contribution in [2.75, 3.05) is 12.4 Å². The van der Waals surface area contributed by atoms with Crippen molar-refractivity contribution in [3.8, 4) is 17.3 Å². The summed E-state index contributed by atoms with van der Waals surface area (Å²) in [5, 5.41) is 2.84. The Balaban J connectivity index is 1.26. The molecule has 4 aromatic rings. The molecule has 0 radical (unpaired) electrons. The molecule has 3 saturated carbocycles. The van der Waals surface area contributed by atoms with Gasteiger partial charge in [-0.05, 0) is 63.5 Å². The van der Waals surface area contributed by atoms with Gasteiger partial charge in [0.25, 0.3) is 5.56 Å². The molecule has 0 bridgehead atoms. The zero-order chi connectivity index (χ0) is 29.0. The Morgan fingerprint density at radius 2 is 1.83 bits per heavy atom. The van der Waals surface area contributed by atoms with E-state index in [4.69, 9.17) is 9.72 Å². The first-order valence-electron chi connectivity index (χ1n) is 14.5. The molecule has 0 spiro atoms. The molecule has 12 nitrogen and oxygen atoms in total. The molecule has 3 aliphatic rings. The summed E-state index contributed by atoms with van der Waals surface area (Å²) in [5.74, 6) is 1.65. The van der Waals surface area contributed by atoms with Crippen molar-refractivity contribution >= 4 is 26.8 Å². The monoisotopic (exact) mass is 588 g/mol. The zero-order valence-electron chi connectivity index (χ0n) is 23.5. The number of anilines is 1. The Kier molecular flexibility index (Phi) is 6.63. The lowest BCUT2D eigenvalue weighted by Crippen LogP contribution is -2.33. The molecule has 0 unspecified atom stereocenters. The highest BCUT2D eigenvalue weighted by atomic mass is 32.2. The smallest absolute Gasteiger partial charge is 0.295 e. The first-order valence-corrected chi connectivity index (χ1v) is 16.0. The van der Waals surface area contributed by atoms with Gasteiger partial charge in [-0.3, -0.25) is 14.3 Å². The molecule has 7 rings (SSSR count). The van der Waals surface area contributed by atoms with E-state index in [-0.39, 0.29) is 34.1 Å². The van der Waals surface area contributed by atoms with Crippen LogP contribution in [0.3, 0.4) is 0 Å². The van der Waals surface area contributed by atoms with Gasteiger partial charge >= 0.3 is 0 Å². The van der Waals surface area contributed by atoms with E-state index < -0.39 is 9.84 Å². The third-order valence-electron chi connectivity index (χ3n) is 8.62. The molecule has 0 aromatic carbocycles. The third-order valence-corrected chi connectivity index (χ3v) is 10.9. The predicted octanol–water partition coefficient (Wildman–Crippen LogP) is 3.83. The van der Waals surface area contributed by atoms with Crippen molar-refractivity contribution in [1.82, 2.24) is 34.5 Å². The minimum absolute atomic E-state index is 0.0955. The number of methoxy groups -OCH3 is 1. The Bertz CT molecular complexity index is 1830. The fourth-order valence-corrected chi connectivity index (χ4v) is 7.19. The first-order chi connectivity index (χ1) is 20.3. The highest BCUT2D eigenvalue weighted by Crippen LogP contribution is 2.45. The van der Waals surface area contributed by atoms with Crippen LogP contribution in [-0.2, 0) is 16.4 Å². The fourth-order valence-electron chi connectivity index (χ4n) is 5.59. The molecule has 0 amide bonds. The number of nitrogens with one attached hydrogen (secondary N) is 1. The summed E-state index contributed by atoms with van der Waals surface area (Å²) in [6.45, 7) is 2.26. The lowest BCUT2D eigenvalue weighted by molar-refractivity contribution is 0.222. The summed E-state index contributed by atoms with van der Waals surface area (Å²) in [6.07, 6.45) is 11.2. The van der Waals surface area contributed by atoms with Crippen molar-refractivity contribution in [3.63, 3.8) is 0 Å². The number of aromatic nitrogens is 7. The molecule has 218 valence electrons. The molecule has 13 heteroatoms. The highest BCUT2D eigenvalue weighted by Gasteiger charge is 2.37. The Hall–Kier alpha value is -4.00. The van der Waals surface area contributed by atoms with E-state index in [0.29, 0.717) is 58.8 Å². The minimum Gasteiger partial charge on any atom is -0.480 e. The van der Waals surface area contributed by atoms with Crippen molar-refractivity contribution in [3.05, 3.63) is 52.6 Å². The van der Waals surface area contributed by atoms with Crippen molar-refractivity contribution in [2.45, 2.75) is 80.5 Å². The second-order valence-electron chi connectivity index (χ2n) is 11.5. The maximum Gasteiger partial charge on any atom is 0.295 e. The van der Waals surface area contributed by atoms with Gasteiger partial charge in [-0.2, -0.15) is 0 Å². The number of fused-ring (bicyclic) bond motifs is 1. The van der Waals surface area contributed by atoms with Gasteiger partial charge in [0.05, 0.1) is 41.4 Å². The van der Waals surface area contributed by atoms with Crippen LogP contribution in [0, 0.1) is 5.92 Å². The first kappa shape index (κ1) is 26.9. The van der Waals surface area contributed by atoms with E-state index in [2.05, 4.69) is 37.2 Å². The number of hydrogen-bond acceptors (Lipinski definition) is 11. The van der Waals surface area contributed by atoms with Crippen LogP contribution >= 0.6 is 0 Å². The molecule has 0 saturated heterocycles. The van der Waals surface area contributed by atoms with E-state index in [9.17, 15) is 13.2 Å². The van der Waals surface area contributed by atoms with Crippen molar-refractivity contribution in [2.24, 2.45) is 5.92 Å². The van der Waals surface area contributed by atoms with Crippen LogP contribution in [-0.4, -0.2) is 55.2 Å². The molecular formula is C29H32N8O4S. The summed E-state index contributed by atoms with van der Waals surface area (Å²) in [6, 6.07) is 3.15. The van der Waals surface area contributed by atoms with Crippen LogP contribution in [0.25, 0.3) is 22.6 Å². The number of rotatable bonds is 10. The molecule has 1 N–H and O–H groups in total.